The number of halogens is 1. The van der Waals surface area contributed by atoms with E-state index in [1.165, 1.54) is 43.3 Å². The molecule has 0 unspecified atom stereocenters. The lowest BCUT2D eigenvalue weighted by Crippen LogP contribution is -2.38. The lowest BCUT2D eigenvalue weighted by atomic mass is 10.1. The molecule has 1 aromatic heterocycles. The Morgan fingerprint density at radius 3 is 2.71 bits per heavy atom. The first-order chi connectivity index (χ1) is 15.0. The highest BCUT2D eigenvalue weighted by Crippen LogP contribution is 2.28. The van der Waals surface area contributed by atoms with Gasteiger partial charge in [-0.25, -0.2) is 10.5 Å². The number of unbranched alkanes of at least 4 members (excludes halogenated alkanes) is 1. The van der Waals surface area contributed by atoms with Gasteiger partial charge in [0.15, 0.2) is 0 Å². The third-order valence-corrected chi connectivity index (χ3v) is 5.74. The molecular weight excluding hydrogens is 420 g/mol. The van der Waals surface area contributed by atoms with Gasteiger partial charge < -0.3 is 15.6 Å². The molecule has 1 fully saturated rings. The van der Waals surface area contributed by atoms with Crippen LogP contribution in [0.2, 0.25) is 5.02 Å². The van der Waals surface area contributed by atoms with Crippen LogP contribution in [0.5, 0.6) is 0 Å². The maximum Gasteiger partial charge on any atom is 0.281 e. The van der Waals surface area contributed by atoms with Crippen molar-refractivity contribution in [3.63, 3.8) is 0 Å². The fourth-order valence-electron chi connectivity index (χ4n) is 3.78. The van der Waals surface area contributed by atoms with Crippen LogP contribution in [0.4, 0.5) is 11.4 Å². The highest BCUT2D eigenvalue weighted by molar-refractivity contribution is 6.34. The minimum Gasteiger partial charge on any atom is -0.383 e. The molecule has 3 heterocycles. The Bertz CT molecular complexity index is 1050. The van der Waals surface area contributed by atoms with E-state index in [0.717, 1.165) is 19.4 Å². The van der Waals surface area contributed by atoms with Gasteiger partial charge in [0.2, 0.25) is 0 Å². The SMILES string of the molecule is NC(=Nc1ccc2c(c1)C(=O)N(CCCCN1CCCC1)ON2)c1c(Cl)cc[nH]c1=O. The number of rotatable bonds is 7. The van der Waals surface area contributed by atoms with Gasteiger partial charge in [0.05, 0.1) is 28.5 Å². The number of carbonyl (C=O) groups excluding carboxylic acids is 1. The molecule has 31 heavy (non-hydrogen) atoms. The molecule has 2 aromatic rings. The van der Waals surface area contributed by atoms with Crippen LogP contribution in [-0.2, 0) is 4.94 Å². The molecule has 10 heteroatoms. The number of amidine groups is 1. The van der Waals surface area contributed by atoms with E-state index < -0.39 is 5.56 Å². The number of hydroxylamine groups is 2. The summed E-state index contributed by atoms with van der Waals surface area (Å²) >= 11 is 6.08. The number of fused-ring (bicyclic) bond motifs is 1. The Morgan fingerprint density at radius 1 is 1.16 bits per heavy atom. The number of aromatic nitrogens is 1. The lowest BCUT2D eigenvalue weighted by Gasteiger charge is -2.28. The lowest BCUT2D eigenvalue weighted by molar-refractivity contribution is -0.102. The van der Waals surface area contributed by atoms with Crippen molar-refractivity contribution in [2.24, 2.45) is 10.7 Å². The Hall–Kier alpha value is -2.88. The van der Waals surface area contributed by atoms with Gasteiger partial charge in [-0.1, -0.05) is 11.6 Å². The number of likely N-dealkylation sites (tertiary alicyclic amines) is 1. The number of hydrogen-bond donors (Lipinski definition) is 3. The molecule has 4 N–H and O–H groups in total. The second kappa shape index (κ2) is 9.51. The molecule has 1 amide bonds. The topological polar surface area (TPSA) is 116 Å². The summed E-state index contributed by atoms with van der Waals surface area (Å²) in [5.41, 5.74) is 9.86. The second-order valence-electron chi connectivity index (χ2n) is 7.61. The fourth-order valence-corrected chi connectivity index (χ4v) is 4.03. The number of aliphatic imine (C=N–C) groups is 1. The first-order valence-corrected chi connectivity index (χ1v) is 10.7. The highest BCUT2D eigenvalue weighted by atomic mass is 35.5. The Morgan fingerprint density at radius 2 is 1.94 bits per heavy atom. The van der Waals surface area contributed by atoms with Gasteiger partial charge in [0.1, 0.15) is 11.4 Å². The molecule has 0 spiro atoms. The van der Waals surface area contributed by atoms with Crippen LogP contribution < -0.4 is 16.8 Å². The first-order valence-electron chi connectivity index (χ1n) is 10.4. The van der Waals surface area contributed by atoms with E-state index in [0.29, 0.717) is 23.5 Å². The predicted molar refractivity (Wildman–Crippen MR) is 120 cm³/mol. The molecule has 0 atom stereocenters. The monoisotopic (exact) mass is 444 g/mol. The number of benzene rings is 1. The number of nitrogens with two attached hydrogens (primary N) is 1. The number of nitrogens with zero attached hydrogens (tertiary/aromatic N) is 3. The minimum atomic E-state index is -0.432. The molecular formula is C21H25ClN6O3. The molecule has 1 saturated heterocycles. The van der Waals surface area contributed by atoms with Crippen molar-refractivity contribution in [3.8, 4) is 0 Å². The maximum absolute atomic E-state index is 12.9. The van der Waals surface area contributed by atoms with Crippen LogP contribution in [0, 0.1) is 0 Å². The van der Waals surface area contributed by atoms with Crippen molar-refractivity contribution in [1.82, 2.24) is 14.9 Å². The predicted octanol–water partition coefficient (Wildman–Crippen LogP) is 2.66. The zero-order chi connectivity index (χ0) is 21.8. The Balaban J connectivity index is 1.44. The average molecular weight is 445 g/mol. The summed E-state index contributed by atoms with van der Waals surface area (Å²) in [6, 6.07) is 6.50. The fraction of sp³-hybridized carbons (Fsp3) is 0.381. The maximum atomic E-state index is 12.9. The van der Waals surface area contributed by atoms with Gasteiger partial charge in [-0.3, -0.25) is 9.59 Å². The van der Waals surface area contributed by atoms with Crippen molar-refractivity contribution >= 4 is 34.7 Å². The van der Waals surface area contributed by atoms with E-state index >= 15 is 0 Å². The average Bonchev–Trinajstić information content (AvgIpc) is 3.26. The highest BCUT2D eigenvalue weighted by Gasteiger charge is 2.26. The molecule has 2 aliphatic heterocycles. The molecule has 4 rings (SSSR count). The van der Waals surface area contributed by atoms with Crippen molar-refractivity contribution in [2.75, 3.05) is 31.7 Å². The third kappa shape index (κ3) is 4.90. The summed E-state index contributed by atoms with van der Waals surface area (Å²) in [4.78, 5) is 39.6. The van der Waals surface area contributed by atoms with E-state index in [1.807, 2.05) is 0 Å². The van der Waals surface area contributed by atoms with Crippen LogP contribution in [0.3, 0.4) is 0 Å². The second-order valence-corrected chi connectivity index (χ2v) is 8.02. The molecule has 164 valence electrons. The Labute approximate surface area is 184 Å². The van der Waals surface area contributed by atoms with E-state index in [2.05, 4.69) is 20.4 Å². The molecule has 0 saturated carbocycles. The molecule has 0 aliphatic carbocycles. The molecule has 0 radical (unpaired) electrons. The smallest absolute Gasteiger partial charge is 0.281 e. The first kappa shape index (κ1) is 21.4. The Kier molecular flexibility index (Phi) is 6.55. The van der Waals surface area contributed by atoms with Crippen molar-refractivity contribution in [3.05, 3.63) is 57.0 Å². The summed E-state index contributed by atoms with van der Waals surface area (Å²) in [5, 5.41) is 1.52. The summed E-state index contributed by atoms with van der Waals surface area (Å²) in [6.45, 7) is 3.87. The third-order valence-electron chi connectivity index (χ3n) is 5.43. The van der Waals surface area contributed by atoms with E-state index in [4.69, 9.17) is 22.3 Å². The number of hydrogen-bond acceptors (Lipinski definition) is 6. The number of aromatic amines is 1. The number of nitrogens with one attached hydrogen (secondary N) is 2. The number of pyridine rings is 1. The quantitative estimate of drug-likeness (QED) is 0.343. The van der Waals surface area contributed by atoms with Crippen LogP contribution >= 0.6 is 11.6 Å². The van der Waals surface area contributed by atoms with Crippen molar-refractivity contribution in [2.45, 2.75) is 25.7 Å². The van der Waals surface area contributed by atoms with Crippen LogP contribution in [0.15, 0.2) is 40.2 Å². The zero-order valence-corrected chi connectivity index (χ0v) is 17.8. The van der Waals surface area contributed by atoms with Gasteiger partial charge in [0.25, 0.3) is 11.5 Å². The van der Waals surface area contributed by atoms with Crippen molar-refractivity contribution in [1.29, 1.82) is 0 Å². The van der Waals surface area contributed by atoms with Crippen LogP contribution in [0.1, 0.15) is 41.6 Å². The van der Waals surface area contributed by atoms with E-state index in [1.54, 1.807) is 18.2 Å². The number of amides is 1. The van der Waals surface area contributed by atoms with Gasteiger partial charge in [-0.2, -0.15) is 10.0 Å². The van der Waals surface area contributed by atoms with E-state index in [-0.39, 0.29) is 22.3 Å². The molecule has 0 bridgehead atoms. The summed E-state index contributed by atoms with van der Waals surface area (Å²) in [5.74, 6) is -0.279. The minimum absolute atomic E-state index is 0.0296. The van der Waals surface area contributed by atoms with Gasteiger partial charge in [-0.05, 0) is 69.6 Å². The molecule has 1 aromatic carbocycles. The standard InChI is InChI=1S/C21H25ClN6O3/c22-16-7-8-24-20(29)18(16)19(23)25-14-5-6-17-15(13-14)21(30)28(31-26-17)12-4-3-11-27-9-1-2-10-27/h5-8,13,26H,1-4,9-12H2,(H2,23,25)(H,24,29). The van der Waals surface area contributed by atoms with Gasteiger partial charge in [-0.15, -0.1) is 0 Å². The zero-order valence-electron chi connectivity index (χ0n) is 17.1. The number of carbonyl (C=O) groups is 1. The molecule has 9 nitrogen and oxygen atoms in total. The summed E-state index contributed by atoms with van der Waals surface area (Å²) in [7, 11) is 0. The van der Waals surface area contributed by atoms with Gasteiger partial charge >= 0.3 is 0 Å². The van der Waals surface area contributed by atoms with Gasteiger partial charge in [0, 0.05) is 6.20 Å². The van der Waals surface area contributed by atoms with Crippen LogP contribution in [-0.4, -0.2) is 52.9 Å². The van der Waals surface area contributed by atoms with E-state index in [9.17, 15) is 9.59 Å². The number of H-pyrrole nitrogens is 1. The summed E-state index contributed by atoms with van der Waals surface area (Å²) in [6.07, 6.45) is 5.83. The van der Waals surface area contributed by atoms with Crippen LogP contribution in [0.25, 0.3) is 0 Å². The summed E-state index contributed by atoms with van der Waals surface area (Å²) < 4.78 is 0. The van der Waals surface area contributed by atoms with Crippen molar-refractivity contribution < 1.29 is 9.73 Å². The normalized spacial score (nSPS) is 17.0. The number of anilines is 1. The molecule has 2 aliphatic rings. The largest absolute Gasteiger partial charge is 0.383 e.